The molecule has 3 aromatic carbocycles. The molecule has 0 saturated heterocycles. The van der Waals surface area contributed by atoms with Gasteiger partial charge in [-0.15, -0.1) is 0 Å². The van der Waals surface area contributed by atoms with Crippen molar-refractivity contribution in [2.45, 2.75) is 13.8 Å². The third-order valence-corrected chi connectivity index (χ3v) is 5.72. The summed E-state index contributed by atoms with van der Waals surface area (Å²) in [6, 6.07) is 19.2. The molecule has 4 aromatic rings. The smallest absolute Gasteiger partial charge is 0.340 e. The molecule has 27 heavy (non-hydrogen) atoms. The lowest BCUT2D eigenvalue weighted by molar-refractivity contribution is 0.486. The third kappa shape index (κ3) is 1.86. The lowest BCUT2D eigenvalue weighted by Crippen LogP contribution is -2.56. The van der Waals surface area contributed by atoms with Gasteiger partial charge in [0.05, 0.1) is 11.0 Å². The first-order valence-corrected chi connectivity index (χ1v) is 9.25. The Hall–Kier alpha value is -3.21. The molecule has 3 heterocycles. The van der Waals surface area contributed by atoms with Crippen LogP contribution in [0.4, 0.5) is 11.6 Å². The fourth-order valence-corrected chi connectivity index (χ4v) is 4.51. The third-order valence-electron chi connectivity index (χ3n) is 5.72. The maximum atomic E-state index is 6.38. The van der Waals surface area contributed by atoms with Crippen molar-refractivity contribution in [3.8, 4) is 11.5 Å². The van der Waals surface area contributed by atoms with E-state index in [4.69, 9.17) is 9.72 Å². The molecule has 0 aliphatic carbocycles. The van der Waals surface area contributed by atoms with Crippen molar-refractivity contribution in [2.75, 3.05) is 11.9 Å². The molecule has 0 spiro atoms. The van der Waals surface area contributed by atoms with Crippen LogP contribution in [-0.2, 0) is 0 Å². The van der Waals surface area contributed by atoms with Gasteiger partial charge in [0.15, 0.2) is 5.95 Å². The summed E-state index contributed by atoms with van der Waals surface area (Å²) in [5.74, 6) is 2.86. The Bertz CT molecular complexity index is 1260. The van der Waals surface area contributed by atoms with Crippen molar-refractivity contribution in [1.29, 1.82) is 0 Å². The number of aryl methyl sites for hydroxylation is 2. The zero-order valence-corrected chi connectivity index (χ0v) is 15.5. The van der Waals surface area contributed by atoms with Gasteiger partial charge in [0, 0.05) is 18.2 Å². The van der Waals surface area contributed by atoms with E-state index < -0.39 is 0 Å². The molecule has 2 aliphatic heterocycles. The van der Waals surface area contributed by atoms with E-state index in [-0.39, 0.29) is 6.85 Å². The highest BCUT2D eigenvalue weighted by Crippen LogP contribution is 2.38. The van der Waals surface area contributed by atoms with Gasteiger partial charge in [-0.05, 0) is 60.8 Å². The quantitative estimate of drug-likeness (QED) is 0.400. The van der Waals surface area contributed by atoms with Crippen LogP contribution in [0.5, 0.6) is 11.5 Å². The molecule has 0 saturated carbocycles. The van der Waals surface area contributed by atoms with Crippen LogP contribution < -0.4 is 20.6 Å². The molecular weight excluding hydrogens is 333 g/mol. The van der Waals surface area contributed by atoms with Crippen LogP contribution in [0.3, 0.4) is 0 Å². The fourth-order valence-electron chi connectivity index (χ4n) is 4.51. The van der Waals surface area contributed by atoms with Gasteiger partial charge in [-0.25, -0.2) is 4.98 Å². The van der Waals surface area contributed by atoms with Crippen LogP contribution in [0.25, 0.3) is 11.0 Å². The number of aromatic nitrogens is 2. The van der Waals surface area contributed by atoms with Crippen molar-refractivity contribution in [3.05, 3.63) is 65.7 Å². The topological polar surface area (TPSA) is 30.3 Å². The average molecular weight is 351 g/mol. The predicted octanol–water partition coefficient (Wildman–Crippen LogP) is 3.49. The van der Waals surface area contributed by atoms with Gasteiger partial charge in [0.25, 0.3) is 0 Å². The lowest BCUT2D eigenvalue weighted by atomic mass is 9.47. The Morgan fingerprint density at radius 1 is 0.926 bits per heavy atom. The summed E-state index contributed by atoms with van der Waals surface area (Å²) in [5, 5.41) is 0. The molecule has 1 aromatic heterocycles. The van der Waals surface area contributed by atoms with Gasteiger partial charge in [-0.2, -0.15) is 0 Å². The minimum Gasteiger partial charge on any atom is -0.458 e. The van der Waals surface area contributed by atoms with Crippen LogP contribution >= 0.6 is 0 Å². The zero-order chi connectivity index (χ0) is 18.3. The Balaban J connectivity index is 1.77. The Morgan fingerprint density at radius 2 is 1.74 bits per heavy atom. The molecule has 2 aliphatic rings. The minimum atomic E-state index is 0.0681. The van der Waals surface area contributed by atoms with Crippen molar-refractivity contribution in [2.24, 2.45) is 0 Å². The summed E-state index contributed by atoms with van der Waals surface area (Å²) in [7, 11) is 2.09. The van der Waals surface area contributed by atoms with Crippen LogP contribution in [0.15, 0.2) is 54.6 Å². The van der Waals surface area contributed by atoms with Crippen LogP contribution in [0.1, 0.15) is 11.1 Å². The van der Waals surface area contributed by atoms with Crippen molar-refractivity contribution < 1.29 is 4.74 Å². The predicted molar refractivity (Wildman–Crippen MR) is 111 cm³/mol. The number of fused-ring (bicyclic) bond motifs is 6. The van der Waals surface area contributed by atoms with E-state index in [1.807, 2.05) is 6.07 Å². The van der Waals surface area contributed by atoms with Gasteiger partial charge in [0.2, 0.25) is 0 Å². The van der Waals surface area contributed by atoms with Crippen LogP contribution in [-0.4, -0.2) is 23.4 Å². The van der Waals surface area contributed by atoms with Gasteiger partial charge in [-0.3, -0.25) is 0 Å². The van der Waals surface area contributed by atoms with Gasteiger partial charge < -0.3 is 14.1 Å². The number of rotatable bonds is 0. The molecule has 0 amide bonds. The molecule has 0 fully saturated rings. The van der Waals surface area contributed by atoms with E-state index in [2.05, 4.69) is 78.8 Å². The van der Waals surface area contributed by atoms with E-state index in [9.17, 15) is 0 Å². The summed E-state index contributed by atoms with van der Waals surface area (Å²) in [6.07, 6.45) is 0. The van der Waals surface area contributed by atoms with Gasteiger partial charge >= 0.3 is 6.85 Å². The Morgan fingerprint density at radius 3 is 2.63 bits per heavy atom. The normalized spacial score (nSPS) is 13.9. The SMILES string of the molecule is Cc1ccc2c(c1)Oc1cc(C)cc3c1B2n1c(nc2ccccc21)N3C. The number of nitrogens with zero attached hydrogens (tertiary/aromatic N) is 3. The lowest BCUT2D eigenvalue weighted by Gasteiger charge is -2.37. The Kier molecular flexibility index (Phi) is 2.73. The molecule has 0 radical (unpaired) electrons. The molecule has 130 valence electrons. The first-order valence-electron chi connectivity index (χ1n) is 9.25. The Labute approximate surface area is 158 Å². The molecule has 0 bridgehead atoms. The maximum absolute atomic E-state index is 6.38. The average Bonchev–Trinajstić information content (AvgIpc) is 3.04. The van der Waals surface area contributed by atoms with Gasteiger partial charge in [0.1, 0.15) is 11.5 Å². The summed E-state index contributed by atoms with van der Waals surface area (Å²) in [5.41, 5.74) is 8.14. The molecule has 0 atom stereocenters. The highest BCUT2D eigenvalue weighted by atomic mass is 16.5. The number of imidazole rings is 1. The van der Waals surface area contributed by atoms with E-state index in [1.165, 1.54) is 27.7 Å². The summed E-state index contributed by atoms with van der Waals surface area (Å²) in [4.78, 5) is 7.14. The molecule has 6 rings (SSSR count). The second-order valence-corrected chi connectivity index (χ2v) is 7.57. The van der Waals surface area contributed by atoms with E-state index >= 15 is 0 Å². The maximum Gasteiger partial charge on any atom is 0.340 e. The van der Waals surface area contributed by atoms with Crippen molar-refractivity contribution in [3.63, 3.8) is 0 Å². The zero-order valence-electron chi connectivity index (χ0n) is 15.5. The molecule has 0 unspecified atom stereocenters. The number of para-hydroxylation sites is 2. The number of hydrogen-bond acceptors (Lipinski definition) is 3. The summed E-state index contributed by atoms with van der Waals surface area (Å²) < 4.78 is 8.73. The number of benzene rings is 3. The summed E-state index contributed by atoms with van der Waals surface area (Å²) >= 11 is 0. The molecular formula is C22H18BN3O. The first-order chi connectivity index (χ1) is 13.1. The van der Waals surface area contributed by atoms with Crippen molar-refractivity contribution >= 4 is 40.4 Å². The highest BCUT2D eigenvalue weighted by molar-refractivity contribution is 6.88. The molecule has 5 heteroatoms. The fraction of sp³-hybridized carbons (Fsp3) is 0.136. The molecule has 0 N–H and O–H groups in total. The number of hydrogen-bond donors (Lipinski definition) is 0. The monoisotopic (exact) mass is 351 g/mol. The van der Waals surface area contributed by atoms with E-state index in [1.54, 1.807) is 0 Å². The minimum absolute atomic E-state index is 0.0681. The summed E-state index contributed by atoms with van der Waals surface area (Å²) in [6.45, 7) is 4.29. The molecule has 4 nitrogen and oxygen atoms in total. The second-order valence-electron chi connectivity index (χ2n) is 7.57. The van der Waals surface area contributed by atoms with E-state index in [0.29, 0.717) is 0 Å². The van der Waals surface area contributed by atoms with E-state index in [0.717, 1.165) is 28.5 Å². The van der Waals surface area contributed by atoms with Crippen LogP contribution in [0, 0.1) is 13.8 Å². The largest absolute Gasteiger partial charge is 0.458 e. The number of anilines is 2. The van der Waals surface area contributed by atoms with Gasteiger partial charge in [-0.1, -0.05) is 24.3 Å². The first kappa shape index (κ1) is 14.9. The number of ether oxygens (including phenoxy) is 1. The van der Waals surface area contributed by atoms with Crippen LogP contribution in [0.2, 0.25) is 0 Å². The second kappa shape index (κ2) is 4.94. The van der Waals surface area contributed by atoms with Crippen molar-refractivity contribution in [1.82, 2.24) is 9.46 Å². The standard InChI is InChI=1S/C22H18BN3O/c1-13-8-9-15-19(11-13)27-20-12-14(2)10-18-21(20)23(15)26-17-7-5-4-6-16(17)24-22(26)25(18)3/h4-12H,1-3H3. The highest BCUT2D eigenvalue weighted by Gasteiger charge is 2.42.